The maximum atomic E-state index is 12.3. The first kappa shape index (κ1) is 12.1. The number of anilines is 1. The van der Waals surface area contributed by atoms with Crippen molar-refractivity contribution in [2.45, 2.75) is 19.4 Å². The Balaban J connectivity index is 1.90. The summed E-state index contributed by atoms with van der Waals surface area (Å²) in [6.45, 7) is 3.63. The van der Waals surface area contributed by atoms with Crippen molar-refractivity contribution in [3.8, 4) is 0 Å². The average Bonchev–Trinajstić information content (AvgIpc) is 2.80. The molecule has 4 heteroatoms. The molecule has 1 saturated heterocycles. The summed E-state index contributed by atoms with van der Waals surface area (Å²) in [4.78, 5) is 18.4. The van der Waals surface area contributed by atoms with Crippen LogP contribution in [-0.2, 0) is 4.79 Å². The summed E-state index contributed by atoms with van der Waals surface area (Å²) in [5.74, 6) is 0.171. The number of nitrogens with one attached hydrogen (secondary N) is 1. The van der Waals surface area contributed by atoms with E-state index in [0.29, 0.717) is 0 Å². The summed E-state index contributed by atoms with van der Waals surface area (Å²) in [6, 6.07) is 9.89. The molecule has 1 aromatic carbocycles. The Labute approximate surface area is 112 Å². The van der Waals surface area contributed by atoms with Crippen LogP contribution in [-0.4, -0.2) is 30.0 Å². The molecule has 19 heavy (non-hydrogen) atoms. The third-order valence-corrected chi connectivity index (χ3v) is 3.55. The Morgan fingerprint density at radius 2 is 2.32 bits per heavy atom. The van der Waals surface area contributed by atoms with Crippen LogP contribution in [0.3, 0.4) is 0 Å². The fraction of sp³-hybridized carbons (Fsp3) is 0.333. The van der Waals surface area contributed by atoms with Crippen LogP contribution in [0.5, 0.6) is 0 Å². The first-order chi connectivity index (χ1) is 9.29. The summed E-state index contributed by atoms with van der Waals surface area (Å²) in [7, 11) is 0. The van der Waals surface area contributed by atoms with E-state index in [2.05, 4.69) is 10.3 Å². The zero-order valence-corrected chi connectivity index (χ0v) is 11.0. The molecule has 1 aliphatic rings. The number of benzene rings is 1. The van der Waals surface area contributed by atoms with E-state index in [1.807, 2.05) is 42.2 Å². The Hall–Kier alpha value is -1.94. The molecule has 0 bridgehead atoms. The van der Waals surface area contributed by atoms with Crippen molar-refractivity contribution in [3.63, 3.8) is 0 Å². The van der Waals surface area contributed by atoms with E-state index in [4.69, 9.17) is 0 Å². The molecular formula is C15H17N3O. The molecule has 1 atom stereocenters. The van der Waals surface area contributed by atoms with Gasteiger partial charge in [0.15, 0.2) is 0 Å². The van der Waals surface area contributed by atoms with Crippen LogP contribution in [0, 0.1) is 0 Å². The first-order valence-corrected chi connectivity index (χ1v) is 6.69. The lowest BCUT2D eigenvalue weighted by Gasteiger charge is -2.17. The fourth-order valence-corrected chi connectivity index (χ4v) is 2.60. The van der Waals surface area contributed by atoms with Gasteiger partial charge in [-0.05, 0) is 37.2 Å². The van der Waals surface area contributed by atoms with Gasteiger partial charge in [0, 0.05) is 23.8 Å². The quantitative estimate of drug-likeness (QED) is 0.911. The van der Waals surface area contributed by atoms with E-state index in [0.717, 1.165) is 36.1 Å². The number of aromatic nitrogens is 1. The number of hydrogen-bond acceptors (Lipinski definition) is 3. The SMILES string of the molecule is CCNC1CCN(c2ccc3ncccc3c2)C1=O. The van der Waals surface area contributed by atoms with Gasteiger partial charge in [0.1, 0.15) is 0 Å². The molecule has 1 fully saturated rings. The van der Waals surface area contributed by atoms with E-state index >= 15 is 0 Å². The summed E-state index contributed by atoms with van der Waals surface area (Å²) in [6.07, 6.45) is 2.65. The second-order valence-corrected chi connectivity index (χ2v) is 4.77. The second-order valence-electron chi connectivity index (χ2n) is 4.77. The van der Waals surface area contributed by atoms with E-state index in [1.54, 1.807) is 6.20 Å². The number of carbonyl (C=O) groups excluding carboxylic acids is 1. The lowest BCUT2D eigenvalue weighted by Crippen LogP contribution is -2.38. The monoisotopic (exact) mass is 255 g/mol. The third kappa shape index (κ3) is 2.19. The zero-order valence-electron chi connectivity index (χ0n) is 11.0. The van der Waals surface area contributed by atoms with Crippen molar-refractivity contribution in [1.29, 1.82) is 0 Å². The molecule has 4 nitrogen and oxygen atoms in total. The molecule has 3 rings (SSSR count). The lowest BCUT2D eigenvalue weighted by molar-refractivity contribution is -0.118. The van der Waals surface area contributed by atoms with Crippen molar-refractivity contribution in [1.82, 2.24) is 10.3 Å². The summed E-state index contributed by atoms with van der Waals surface area (Å²) >= 11 is 0. The van der Waals surface area contributed by atoms with Crippen molar-refractivity contribution < 1.29 is 4.79 Å². The summed E-state index contributed by atoms with van der Waals surface area (Å²) in [5.41, 5.74) is 1.92. The number of likely N-dealkylation sites (N-methyl/N-ethyl adjacent to an activating group) is 1. The van der Waals surface area contributed by atoms with Crippen LogP contribution < -0.4 is 10.2 Å². The number of pyridine rings is 1. The molecule has 1 N–H and O–H groups in total. The molecule has 98 valence electrons. The molecule has 1 aromatic heterocycles. The van der Waals surface area contributed by atoms with Gasteiger partial charge in [-0.25, -0.2) is 0 Å². The Morgan fingerprint density at radius 1 is 1.42 bits per heavy atom. The highest BCUT2D eigenvalue weighted by Gasteiger charge is 2.31. The van der Waals surface area contributed by atoms with Crippen molar-refractivity contribution in [3.05, 3.63) is 36.5 Å². The molecule has 0 aliphatic carbocycles. The molecule has 1 unspecified atom stereocenters. The van der Waals surface area contributed by atoms with Gasteiger partial charge in [0.05, 0.1) is 11.6 Å². The van der Waals surface area contributed by atoms with Crippen molar-refractivity contribution >= 4 is 22.5 Å². The van der Waals surface area contributed by atoms with Crippen molar-refractivity contribution in [2.75, 3.05) is 18.0 Å². The molecule has 1 aliphatic heterocycles. The minimum Gasteiger partial charge on any atom is -0.311 e. The highest BCUT2D eigenvalue weighted by Crippen LogP contribution is 2.25. The Morgan fingerprint density at radius 3 is 3.16 bits per heavy atom. The minimum atomic E-state index is -0.0328. The average molecular weight is 255 g/mol. The maximum Gasteiger partial charge on any atom is 0.244 e. The highest BCUT2D eigenvalue weighted by atomic mass is 16.2. The molecule has 1 amide bonds. The van der Waals surface area contributed by atoms with Crippen LogP contribution in [0.1, 0.15) is 13.3 Å². The first-order valence-electron chi connectivity index (χ1n) is 6.69. The summed E-state index contributed by atoms with van der Waals surface area (Å²) in [5, 5.41) is 4.30. The number of nitrogens with zero attached hydrogens (tertiary/aromatic N) is 2. The van der Waals surface area contributed by atoms with Crippen molar-refractivity contribution in [2.24, 2.45) is 0 Å². The van der Waals surface area contributed by atoms with E-state index in [9.17, 15) is 4.79 Å². The number of rotatable bonds is 3. The van der Waals surface area contributed by atoms with Gasteiger partial charge >= 0.3 is 0 Å². The minimum absolute atomic E-state index is 0.0328. The second kappa shape index (κ2) is 4.97. The van der Waals surface area contributed by atoms with Gasteiger partial charge in [-0.15, -0.1) is 0 Å². The molecular weight excluding hydrogens is 238 g/mol. The molecule has 2 aromatic rings. The Bertz CT molecular complexity index is 611. The predicted molar refractivity (Wildman–Crippen MR) is 76.2 cm³/mol. The lowest BCUT2D eigenvalue weighted by atomic mass is 10.2. The highest BCUT2D eigenvalue weighted by molar-refractivity contribution is 6.00. The molecule has 2 heterocycles. The number of fused-ring (bicyclic) bond motifs is 1. The molecule has 0 radical (unpaired) electrons. The zero-order chi connectivity index (χ0) is 13.2. The number of carbonyl (C=O) groups is 1. The molecule has 0 spiro atoms. The van der Waals surface area contributed by atoms with Crippen LogP contribution in [0.2, 0.25) is 0 Å². The van der Waals surface area contributed by atoms with Crippen LogP contribution in [0.15, 0.2) is 36.5 Å². The van der Waals surface area contributed by atoms with Gasteiger partial charge in [0.2, 0.25) is 5.91 Å². The third-order valence-electron chi connectivity index (χ3n) is 3.55. The van der Waals surface area contributed by atoms with Gasteiger partial charge in [-0.2, -0.15) is 0 Å². The van der Waals surface area contributed by atoms with E-state index < -0.39 is 0 Å². The van der Waals surface area contributed by atoms with E-state index in [-0.39, 0.29) is 11.9 Å². The fourth-order valence-electron chi connectivity index (χ4n) is 2.60. The van der Waals surface area contributed by atoms with Gasteiger partial charge in [0.25, 0.3) is 0 Å². The largest absolute Gasteiger partial charge is 0.311 e. The van der Waals surface area contributed by atoms with Gasteiger partial charge in [-0.3, -0.25) is 9.78 Å². The standard InChI is InChI=1S/C15H17N3O/c1-2-16-14-7-9-18(15(14)19)12-5-6-13-11(10-12)4-3-8-17-13/h3-6,8,10,14,16H,2,7,9H2,1H3. The maximum absolute atomic E-state index is 12.3. The van der Waals surface area contributed by atoms with Gasteiger partial charge in [-0.1, -0.05) is 13.0 Å². The Kier molecular flexibility index (Phi) is 3.17. The molecule has 0 saturated carbocycles. The summed E-state index contributed by atoms with van der Waals surface area (Å²) < 4.78 is 0. The smallest absolute Gasteiger partial charge is 0.244 e. The van der Waals surface area contributed by atoms with Gasteiger partial charge < -0.3 is 10.2 Å². The van der Waals surface area contributed by atoms with E-state index in [1.165, 1.54) is 0 Å². The number of amides is 1. The topological polar surface area (TPSA) is 45.2 Å². The number of hydrogen-bond donors (Lipinski definition) is 1. The van der Waals surface area contributed by atoms with Crippen LogP contribution >= 0.6 is 0 Å². The van der Waals surface area contributed by atoms with Crippen LogP contribution in [0.25, 0.3) is 10.9 Å². The predicted octanol–water partition coefficient (Wildman–Crippen LogP) is 1.95. The normalized spacial score (nSPS) is 19.3. The van der Waals surface area contributed by atoms with Crippen LogP contribution in [0.4, 0.5) is 5.69 Å².